The highest BCUT2D eigenvalue weighted by atomic mass is 16.5. The van der Waals surface area contributed by atoms with Gasteiger partial charge in [-0.25, -0.2) is 4.79 Å². The lowest BCUT2D eigenvalue weighted by Crippen LogP contribution is -2.26. The third-order valence-corrected chi connectivity index (χ3v) is 3.20. The molecule has 1 aromatic carbocycles. The van der Waals surface area contributed by atoms with Crippen LogP contribution in [0.2, 0.25) is 0 Å². The SMILES string of the molecule is CCOC(=O)c1ccc(N)cc1OCC1CCCCO1. The van der Waals surface area contributed by atoms with Gasteiger partial charge in [0.1, 0.15) is 17.9 Å². The quantitative estimate of drug-likeness (QED) is 0.662. The van der Waals surface area contributed by atoms with E-state index in [-0.39, 0.29) is 6.10 Å². The molecule has 1 unspecified atom stereocenters. The first kappa shape index (κ1) is 14.7. The van der Waals surface area contributed by atoms with Gasteiger partial charge in [-0.3, -0.25) is 0 Å². The standard InChI is InChI=1S/C15H21NO4/c1-2-18-15(17)13-7-6-11(16)9-14(13)20-10-12-5-3-4-8-19-12/h6-7,9,12H,2-5,8,10,16H2,1H3. The molecule has 0 amide bonds. The molecule has 1 aliphatic heterocycles. The minimum absolute atomic E-state index is 0.0835. The van der Waals surface area contributed by atoms with Crippen LogP contribution in [0, 0.1) is 0 Å². The molecule has 1 heterocycles. The number of nitrogens with two attached hydrogens (primary N) is 1. The minimum atomic E-state index is -0.396. The van der Waals surface area contributed by atoms with Crippen LogP contribution in [0.1, 0.15) is 36.5 Å². The smallest absolute Gasteiger partial charge is 0.341 e. The molecule has 0 bridgehead atoms. The van der Waals surface area contributed by atoms with Gasteiger partial charge in [0.2, 0.25) is 0 Å². The van der Waals surface area contributed by atoms with Crippen LogP contribution in [-0.4, -0.2) is 31.9 Å². The average Bonchev–Trinajstić information content (AvgIpc) is 2.46. The van der Waals surface area contributed by atoms with Crippen molar-refractivity contribution in [1.82, 2.24) is 0 Å². The Balaban J connectivity index is 2.04. The molecule has 5 nitrogen and oxygen atoms in total. The van der Waals surface area contributed by atoms with E-state index in [1.807, 2.05) is 0 Å². The first-order valence-corrected chi connectivity index (χ1v) is 7.01. The highest BCUT2D eigenvalue weighted by Crippen LogP contribution is 2.24. The maximum absolute atomic E-state index is 11.9. The molecule has 110 valence electrons. The van der Waals surface area contributed by atoms with E-state index in [4.69, 9.17) is 19.9 Å². The Bertz CT molecular complexity index is 455. The van der Waals surface area contributed by atoms with Crippen molar-refractivity contribution in [3.8, 4) is 5.75 Å². The number of carbonyl (C=O) groups excluding carboxylic acids is 1. The van der Waals surface area contributed by atoms with Gasteiger partial charge < -0.3 is 19.9 Å². The summed E-state index contributed by atoms with van der Waals surface area (Å²) in [7, 11) is 0. The van der Waals surface area contributed by atoms with E-state index >= 15 is 0 Å². The summed E-state index contributed by atoms with van der Waals surface area (Å²) in [4.78, 5) is 11.9. The molecule has 5 heteroatoms. The highest BCUT2D eigenvalue weighted by molar-refractivity contribution is 5.93. The van der Waals surface area contributed by atoms with Crippen LogP contribution in [0.3, 0.4) is 0 Å². The van der Waals surface area contributed by atoms with Crippen molar-refractivity contribution in [1.29, 1.82) is 0 Å². The van der Waals surface area contributed by atoms with Gasteiger partial charge >= 0.3 is 5.97 Å². The van der Waals surface area contributed by atoms with Crippen molar-refractivity contribution in [3.63, 3.8) is 0 Å². The van der Waals surface area contributed by atoms with Gasteiger partial charge in [0.15, 0.2) is 0 Å². The summed E-state index contributed by atoms with van der Waals surface area (Å²) in [6.45, 7) is 3.30. The van der Waals surface area contributed by atoms with Crippen LogP contribution in [-0.2, 0) is 9.47 Å². The number of esters is 1. The Kier molecular flexibility index (Phi) is 5.24. The molecule has 0 aliphatic carbocycles. The second-order valence-electron chi connectivity index (χ2n) is 4.78. The predicted octanol–water partition coefficient (Wildman–Crippen LogP) is 2.39. The Hall–Kier alpha value is -1.75. The summed E-state index contributed by atoms with van der Waals surface area (Å²) in [5.74, 6) is 0.0599. The van der Waals surface area contributed by atoms with Crippen LogP contribution in [0.15, 0.2) is 18.2 Å². The first-order chi connectivity index (χ1) is 9.70. The molecular formula is C15H21NO4. The summed E-state index contributed by atoms with van der Waals surface area (Å²) in [5, 5.41) is 0. The molecule has 1 aliphatic rings. The van der Waals surface area contributed by atoms with Crippen molar-refractivity contribution in [2.24, 2.45) is 0 Å². The Morgan fingerprint density at radius 2 is 2.30 bits per heavy atom. The molecule has 1 saturated heterocycles. The summed E-state index contributed by atoms with van der Waals surface area (Å²) in [6.07, 6.45) is 3.32. The maximum Gasteiger partial charge on any atom is 0.341 e. The number of ether oxygens (including phenoxy) is 3. The van der Waals surface area contributed by atoms with Gasteiger partial charge in [-0.15, -0.1) is 0 Å². The van der Waals surface area contributed by atoms with Crippen LogP contribution in [0.5, 0.6) is 5.75 Å². The van der Waals surface area contributed by atoms with Gasteiger partial charge in [0.05, 0.1) is 12.7 Å². The normalized spacial score (nSPS) is 18.6. The molecule has 20 heavy (non-hydrogen) atoms. The van der Waals surface area contributed by atoms with Crippen LogP contribution < -0.4 is 10.5 Å². The second kappa shape index (κ2) is 7.14. The van der Waals surface area contributed by atoms with E-state index in [0.717, 1.165) is 25.9 Å². The second-order valence-corrected chi connectivity index (χ2v) is 4.78. The molecule has 2 N–H and O–H groups in total. The van der Waals surface area contributed by atoms with Crippen LogP contribution in [0.4, 0.5) is 5.69 Å². The lowest BCUT2D eigenvalue weighted by atomic mass is 10.1. The van der Waals surface area contributed by atoms with E-state index in [1.165, 1.54) is 0 Å². The topological polar surface area (TPSA) is 70.8 Å². The number of hydrogen-bond acceptors (Lipinski definition) is 5. The fourth-order valence-corrected chi connectivity index (χ4v) is 2.16. The van der Waals surface area contributed by atoms with Crippen molar-refractivity contribution in [2.75, 3.05) is 25.6 Å². The summed E-state index contributed by atoms with van der Waals surface area (Å²) in [5.41, 5.74) is 6.70. The largest absolute Gasteiger partial charge is 0.490 e. The molecule has 0 saturated carbocycles. The van der Waals surface area contributed by atoms with Gasteiger partial charge in [-0.05, 0) is 38.3 Å². The minimum Gasteiger partial charge on any atom is -0.490 e. The van der Waals surface area contributed by atoms with E-state index in [2.05, 4.69) is 0 Å². The van der Waals surface area contributed by atoms with Gasteiger partial charge in [0, 0.05) is 18.4 Å². The summed E-state index contributed by atoms with van der Waals surface area (Å²) in [6, 6.07) is 4.94. The Morgan fingerprint density at radius 1 is 1.45 bits per heavy atom. The molecule has 2 rings (SSSR count). The van der Waals surface area contributed by atoms with E-state index in [9.17, 15) is 4.79 Å². The third-order valence-electron chi connectivity index (χ3n) is 3.20. The van der Waals surface area contributed by atoms with Crippen molar-refractivity contribution in [3.05, 3.63) is 23.8 Å². The molecule has 0 radical (unpaired) electrons. The zero-order valence-corrected chi connectivity index (χ0v) is 11.8. The first-order valence-electron chi connectivity index (χ1n) is 7.01. The van der Waals surface area contributed by atoms with Crippen LogP contribution in [0.25, 0.3) is 0 Å². The number of benzene rings is 1. The number of nitrogen functional groups attached to an aromatic ring is 1. The molecule has 1 aromatic rings. The van der Waals surface area contributed by atoms with E-state index < -0.39 is 5.97 Å². The molecule has 1 fully saturated rings. The number of carbonyl (C=O) groups is 1. The molecule has 0 spiro atoms. The Labute approximate surface area is 119 Å². The van der Waals surface area contributed by atoms with Crippen molar-refractivity contribution >= 4 is 11.7 Å². The van der Waals surface area contributed by atoms with Gasteiger partial charge in [0.25, 0.3) is 0 Å². The van der Waals surface area contributed by atoms with Gasteiger partial charge in [-0.1, -0.05) is 0 Å². The third kappa shape index (κ3) is 3.87. The van der Waals surface area contributed by atoms with Gasteiger partial charge in [-0.2, -0.15) is 0 Å². The number of rotatable bonds is 5. The van der Waals surface area contributed by atoms with E-state index in [1.54, 1.807) is 25.1 Å². The Morgan fingerprint density at radius 3 is 3.00 bits per heavy atom. The predicted molar refractivity (Wildman–Crippen MR) is 75.9 cm³/mol. The molecule has 0 aromatic heterocycles. The van der Waals surface area contributed by atoms with E-state index in [0.29, 0.717) is 30.2 Å². The van der Waals surface area contributed by atoms with Crippen molar-refractivity contribution in [2.45, 2.75) is 32.3 Å². The lowest BCUT2D eigenvalue weighted by Gasteiger charge is -2.23. The molecule has 1 atom stereocenters. The molecular weight excluding hydrogens is 258 g/mol. The fraction of sp³-hybridized carbons (Fsp3) is 0.533. The monoisotopic (exact) mass is 279 g/mol. The maximum atomic E-state index is 11.9. The van der Waals surface area contributed by atoms with Crippen LogP contribution >= 0.6 is 0 Å². The summed E-state index contributed by atoms with van der Waals surface area (Å²) < 4.78 is 16.3. The zero-order chi connectivity index (χ0) is 14.4. The zero-order valence-electron chi connectivity index (χ0n) is 11.8. The fourth-order valence-electron chi connectivity index (χ4n) is 2.16. The summed E-state index contributed by atoms with van der Waals surface area (Å²) >= 11 is 0. The highest BCUT2D eigenvalue weighted by Gasteiger charge is 2.18. The lowest BCUT2D eigenvalue weighted by molar-refractivity contribution is -0.0114. The average molecular weight is 279 g/mol. The van der Waals surface area contributed by atoms with Crippen molar-refractivity contribution < 1.29 is 19.0 Å². The number of anilines is 1. The number of hydrogen-bond donors (Lipinski definition) is 1.